The number of hydrogen-bond acceptors (Lipinski definition) is 10. The van der Waals surface area contributed by atoms with Gasteiger partial charge in [-0.3, -0.25) is 14.3 Å². The van der Waals surface area contributed by atoms with Crippen LogP contribution in [0.15, 0.2) is 63.8 Å². The molecule has 1 aliphatic rings. The minimum atomic E-state index is -0.824. The monoisotopic (exact) mass is 537 g/mol. The Balaban J connectivity index is 1.89. The summed E-state index contributed by atoms with van der Waals surface area (Å²) < 4.78 is 23.3. The van der Waals surface area contributed by atoms with E-state index in [2.05, 4.69) is 14.7 Å². The van der Waals surface area contributed by atoms with Gasteiger partial charge in [-0.15, -0.1) is 0 Å². The normalized spacial score (nSPS) is 14.9. The van der Waals surface area contributed by atoms with E-state index in [1.807, 2.05) is 13.0 Å². The summed E-state index contributed by atoms with van der Waals surface area (Å²) >= 11 is 1.22. The Kier molecular flexibility index (Phi) is 8.37. The summed E-state index contributed by atoms with van der Waals surface area (Å²) in [6, 6.07) is 7.85. The third kappa shape index (κ3) is 5.52. The van der Waals surface area contributed by atoms with Crippen molar-refractivity contribution in [3.63, 3.8) is 0 Å². The number of rotatable bonds is 9. The summed E-state index contributed by atoms with van der Waals surface area (Å²) in [4.78, 5) is 47.6. The van der Waals surface area contributed by atoms with Gasteiger partial charge in [0.15, 0.2) is 22.9 Å². The van der Waals surface area contributed by atoms with E-state index >= 15 is 0 Å². The van der Waals surface area contributed by atoms with Crippen molar-refractivity contribution in [2.75, 3.05) is 26.9 Å². The maximum Gasteiger partial charge on any atom is 0.343 e. The van der Waals surface area contributed by atoms with Crippen molar-refractivity contribution in [1.82, 2.24) is 9.55 Å². The van der Waals surface area contributed by atoms with Crippen LogP contribution in [0.1, 0.15) is 37.9 Å². The summed E-state index contributed by atoms with van der Waals surface area (Å²) in [5.74, 6) is -0.433. The predicted octanol–water partition coefficient (Wildman–Crippen LogP) is 2.14. The number of aromatic nitrogens is 2. The number of carbonyl (C=O) groups excluding carboxylic acids is 2. The second-order valence-corrected chi connectivity index (χ2v) is 9.10. The van der Waals surface area contributed by atoms with Crippen LogP contribution in [0.4, 0.5) is 0 Å². The SMILES string of the molecule is CCOC(=O)C1=C(C)N=c2s/c(=C\c3cccnc3)c(=O)n2[C@@H]1c1ccc(OCC(=O)OC)c(OCC)c1. The van der Waals surface area contributed by atoms with Crippen molar-refractivity contribution in [3.8, 4) is 11.5 Å². The molecule has 0 amide bonds. The molecule has 0 saturated carbocycles. The highest BCUT2D eigenvalue weighted by molar-refractivity contribution is 7.07. The van der Waals surface area contributed by atoms with Crippen LogP contribution < -0.4 is 24.4 Å². The molecule has 38 heavy (non-hydrogen) atoms. The molecule has 10 nitrogen and oxygen atoms in total. The van der Waals surface area contributed by atoms with E-state index in [4.69, 9.17) is 14.2 Å². The standard InChI is InChI=1S/C27H27N3O7S/c1-5-35-20-13-18(9-10-19(20)37-15-22(31)34-4)24-23(26(33)36-6-2)16(3)29-27-30(24)25(32)21(38-27)12-17-8-7-11-28-14-17/h7-14,24H,5-6,15H2,1-4H3/b21-12-/t24-/m1/s1. The van der Waals surface area contributed by atoms with Crippen LogP contribution in [0, 0.1) is 0 Å². The Bertz CT molecular complexity index is 1560. The molecule has 0 radical (unpaired) electrons. The molecule has 3 aromatic rings. The Labute approximate surface area is 222 Å². The van der Waals surface area contributed by atoms with Gasteiger partial charge in [-0.25, -0.2) is 14.6 Å². The summed E-state index contributed by atoms with van der Waals surface area (Å²) in [6.45, 7) is 5.43. The van der Waals surface area contributed by atoms with E-state index in [1.54, 1.807) is 56.6 Å². The number of nitrogens with zero attached hydrogens (tertiary/aromatic N) is 3. The predicted molar refractivity (Wildman–Crippen MR) is 140 cm³/mol. The zero-order valence-electron chi connectivity index (χ0n) is 21.4. The lowest BCUT2D eigenvalue weighted by Gasteiger charge is -2.25. The fourth-order valence-corrected chi connectivity index (χ4v) is 5.04. The summed E-state index contributed by atoms with van der Waals surface area (Å²) in [7, 11) is 1.27. The number of benzene rings is 1. The Hall–Kier alpha value is -4.25. The molecule has 0 bridgehead atoms. The lowest BCUT2D eigenvalue weighted by molar-refractivity contribution is -0.143. The molecule has 2 aromatic heterocycles. The molecule has 11 heteroatoms. The van der Waals surface area contributed by atoms with Crippen LogP contribution in [0.3, 0.4) is 0 Å². The second-order valence-electron chi connectivity index (χ2n) is 8.09. The van der Waals surface area contributed by atoms with Crippen molar-refractivity contribution in [2.45, 2.75) is 26.8 Å². The number of fused-ring (bicyclic) bond motifs is 1. The second kappa shape index (κ2) is 11.9. The van der Waals surface area contributed by atoms with Crippen LogP contribution in [0.2, 0.25) is 0 Å². The Morgan fingerprint density at radius 3 is 2.63 bits per heavy atom. The van der Waals surface area contributed by atoms with Gasteiger partial charge in [-0.1, -0.05) is 23.5 Å². The van der Waals surface area contributed by atoms with Gasteiger partial charge >= 0.3 is 11.9 Å². The van der Waals surface area contributed by atoms with Crippen molar-refractivity contribution < 1.29 is 28.5 Å². The largest absolute Gasteiger partial charge is 0.490 e. The topological polar surface area (TPSA) is 118 Å². The van der Waals surface area contributed by atoms with Gasteiger partial charge in [0.2, 0.25) is 0 Å². The number of carbonyl (C=O) groups is 2. The highest BCUT2D eigenvalue weighted by Gasteiger charge is 2.34. The first-order chi connectivity index (χ1) is 18.4. The molecule has 0 N–H and O–H groups in total. The third-order valence-corrected chi connectivity index (χ3v) is 6.64. The summed E-state index contributed by atoms with van der Waals surface area (Å²) in [5, 5.41) is 0. The van der Waals surface area contributed by atoms with Crippen molar-refractivity contribution in [2.24, 2.45) is 4.99 Å². The summed E-state index contributed by atoms with van der Waals surface area (Å²) in [6.07, 6.45) is 5.06. The van der Waals surface area contributed by atoms with Gasteiger partial charge in [0.25, 0.3) is 5.56 Å². The number of thiazole rings is 1. The first kappa shape index (κ1) is 26.8. The first-order valence-electron chi connectivity index (χ1n) is 11.9. The lowest BCUT2D eigenvalue weighted by Crippen LogP contribution is -2.40. The zero-order chi connectivity index (χ0) is 27.2. The maximum atomic E-state index is 13.7. The number of ether oxygens (including phenoxy) is 4. The molecular weight excluding hydrogens is 510 g/mol. The number of esters is 2. The molecule has 0 fully saturated rings. The Morgan fingerprint density at radius 1 is 1.13 bits per heavy atom. The van der Waals surface area contributed by atoms with Crippen LogP contribution in [0.25, 0.3) is 6.08 Å². The maximum absolute atomic E-state index is 13.7. The molecule has 0 unspecified atom stereocenters. The third-order valence-electron chi connectivity index (χ3n) is 5.66. The molecule has 0 saturated heterocycles. The van der Waals surface area contributed by atoms with Crippen LogP contribution in [-0.2, 0) is 19.1 Å². The molecule has 198 valence electrons. The van der Waals surface area contributed by atoms with Crippen molar-refractivity contribution in [3.05, 3.63) is 84.8 Å². The fourth-order valence-electron chi connectivity index (χ4n) is 4.00. The van der Waals surface area contributed by atoms with E-state index in [-0.39, 0.29) is 24.3 Å². The van der Waals surface area contributed by atoms with E-state index in [9.17, 15) is 14.4 Å². The van der Waals surface area contributed by atoms with E-state index in [0.717, 1.165) is 5.56 Å². The highest BCUT2D eigenvalue weighted by atomic mass is 32.1. The lowest BCUT2D eigenvalue weighted by atomic mass is 9.95. The van der Waals surface area contributed by atoms with Gasteiger partial charge in [-0.05, 0) is 56.2 Å². The van der Waals surface area contributed by atoms with Gasteiger partial charge < -0.3 is 18.9 Å². The van der Waals surface area contributed by atoms with Crippen LogP contribution in [0.5, 0.6) is 11.5 Å². The molecule has 1 atom stereocenters. The van der Waals surface area contributed by atoms with E-state index in [0.29, 0.717) is 38.7 Å². The van der Waals surface area contributed by atoms with Crippen LogP contribution in [-0.4, -0.2) is 48.4 Å². The summed E-state index contributed by atoms with van der Waals surface area (Å²) in [5.41, 5.74) is 1.75. The van der Waals surface area contributed by atoms with E-state index < -0.39 is 18.0 Å². The molecule has 1 aromatic carbocycles. The van der Waals surface area contributed by atoms with Crippen molar-refractivity contribution >= 4 is 29.4 Å². The molecule has 1 aliphatic heterocycles. The fraction of sp³-hybridized carbons (Fsp3) is 0.296. The molecule has 0 aliphatic carbocycles. The van der Waals surface area contributed by atoms with Crippen LogP contribution >= 0.6 is 11.3 Å². The smallest absolute Gasteiger partial charge is 0.343 e. The molecule has 0 spiro atoms. The average Bonchev–Trinajstić information content (AvgIpc) is 3.21. The quantitative estimate of drug-likeness (QED) is 0.381. The number of pyridine rings is 1. The molecule has 3 heterocycles. The minimum Gasteiger partial charge on any atom is -0.490 e. The number of allylic oxidation sites excluding steroid dienone is 1. The van der Waals surface area contributed by atoms with Gasteiger partial charge in [0, 0.05) is 12.4 Å². The van der Waals surface area contributed by atoms with Gasteiger partial charge in [0.05, 0.1) is 42.2 Å². The highest BCUT2D eigenvalue weighted by Crippen LogP contribution is 2.36. The van der Waals surface area contributed by atoms with Crippen molar-refractivity contribution in [1.29, 1.82) is 0 Å². The van der Waals surface area contributed by atoms with E-state index in [1.165, 1.54) is 23.0 Å². The Morgan fingerprint density at radius 2 is 1.95 bits per heavy atom. The molecular formula is C27H27N3O7S. The first-order valence-corrected chi connectivity index (χ1v) is 12.8. The minimum absolute atomic E-state index is 0.165. The zero-order valence-corrected chi connectivity index (χ0v) is 22.2. The van der Waals surface area contributed by atoms with Gasteiger partial charge in [-0.2, -0.15) is 0 Å². The number of hydrogen-bond donors (Lipinski definition) is 0. The van der Waals surface area contributed by atoms with Gasteiger partial charge in [0.1, 0.15) is 0 Å². The molecule has 4 rings (SSSR count). The number of methoxy groups -OCH3 is 1. The average molecular weight is 538 g/mol.